The summed E-state index contributed by atoms with van der Waals surface area (Å²) in [6.45, 7) is -0.350. The van der Waals surface area contributed by atoms with E-state index in [1.165, 1.54) is 36.4 Å². The molecule has 0 unspecified atom stereocenters. The average Bonchev–Trinajstić information content (AvgIpc) is 3.19. The van der Waals surface area contributed by atoms with Gasteiger partial charge in [-0.1, -0.05) is 60.7 Å². The molecule has 9 N–H and O–H groups in total. The largest absolute Gasteiger partial charge is 1.00 e. The molecule has 0 atom stereocenters. The van der Waals surface area contributed by atoms with Crippen molar-refractivity contribution in [3.05, 3.63) is 142 Å². The van der Waals surface area contributed by atoms with Crippen LogP contribution in [0.2, 0.25) is 0 Å². The Balaban J connectivity index is 0.00000661. The maximum Gasteiger partial charge on any atom is 1.00 e. The molecule has 0 saturated carbocycles. The number of para-hydroxylation sites is 2. The van der Waals surface area contributed by atoms with Gasteiger partial charge in [0.15, 0.2) is 0 Å². The van der Waals surface area contributed by atoms with E-state index < -0.39 is 30.0 Å². The molecule has 0 bridgehead atoms. The van der Waals surface area contributed by atoms with Crippen molar-refractivity contribution in [3.63, 3.8) is 0 Å². The number of nitrogens with zero attached hydrogens (tertiary/aromatic N) is 6. The first kappa shape index (κ1) is 44.9. The number of hydrogen-bond acceptors (Lipinski definition) is 13. The van der Waals surface area contributed by atoms with E-state index in [9.17, 15) is 36.2 Å². The zero-order valence-corrected chi connectivity index (χ0v) is 35.9. The van der Waals surface area contributed by atoms with Crippen molar-refractivity contribution >= 4 is 55.1 Å². The Morgan fingerprint density at radius 1 is 0.508 bits per heavy atom. The number of H-pyrrole nitrogens is 6. The first-order valence-corrected chi connectivity index (χ1v) is 20.0. The maximum atomic E-state index is 12.6. The van der Waals surface area contributed by atoms with Crippen LogP contribution in [0.15, 0.2) is 137 Å². The number of hydrogen-bond donors (Lipinski definition) is 9. The zero-order chi connectivity index (χ0) is 41.1. The zero-order valence-electron chi connectivity index (χ0n) is 31.1. The number of aliphatic hydroxyl groups is 2. The Hall–Kier alpha value is -5.18. The van der Waals surface area contributed by atoms with E-state index >= 15 is 0 Å². The molecule has 4 aromatic carbocycles. The minimum absolute atomic E-state index is 0. The van der Waals surface area contributed by atoms with Crippen LogP contribution in [0.25, 0.3) is 12.2 Å². The molecule has 0 saturated heterocycles. The molecule has 0 amide bonds. The van der Waals surface area contributed by atoms with Crippen LogP contribution in [0, 0.1) is 0 Å². The Morgan fingerprint density at radius 3 is 1.24 bits per heavy atom. The van der Waals surface area contributed by atoms with Crippen LogP contribution in [-0.4, -0.2) is 92.4 Å². The fraction of sp³-hybridized carbons (Fsp3) is 0.111. The molecule has 0 fully saturated rings. The topological polar surface area (TPSA) is 321 Å². The van der Waals surface area contributed by atoms with E-state index in [-0.39, 0.29) is 134 Å². The van der Waals surface area contributed by atoms with Crippen LogP contribution < -0.4 is 85.1 Å². The molecule has 0 radical (unpaired) electrons. The fourth-order valence-corrected chi connectivity index (χ4v) is 6.56. The van der Waals surface area contributed by atoms with Gasteiger partial charge in [0.2, 0.25) is 33.7 Å². The Morgan fingerprint density at radius 2 is 0.864 bits per heavy atom. The van der Waals surface area contributed by atoms with Crippen molar-refractivity contribution < 1.29 is 87.5 Å². The smallest absolute Gasteiger partial charge is 0.744 e. The number of rotatable bonds is 12. The molecule has 2 aromatic heterocycles. The van der Waals surface area contributed by atoms with E-state index in [0.717, 1.165) is 12.1 Å². The summed E-state index contributed by atoms with van der Waals surface area (Å²) in [6, 6.07) is 25.5. The van der Waals surface area contributed by atoms with E-state index in [2.05, 4.69) is 59.9 Å². The van der Waals surface area contributed by atoms with Crippen LogP contribution in [0.5, 0.6) is 0 Å². The van der Waals surface area contributed by atoms with Crippen molar-refractivity contribution in [2.75, 3.05) is 26.3 Å². The fourth-order valence-electron chi connectivity index (χ4n) is 5.17. The predicted octanol–water partition coefficient (Wildman–Crippen LogP) is -2.30. The Bertz CT molecular complexity index is 2910. The Kier molecular flexibility index (Phi) is 15.7. The van der Waals surface area contributed by atoms with E-state index in [1.54, 1.807) is 48.5 Å². The summed E-state index contributed by atoms with van der Waals surface area (Å²) in [5, 5.41) is 18.5. The van der Waals surface area contributed by atoms with E-state index in [0.29, 0.717) is 11.4 Å². The summed E-state index contributed by atoms with van der Waals surface area (Å²) in [6.07, 6.45) is 2.42. The maximum absolute atomic E-state index is 12.6. The molecule has 6 rings (SSSR count). The predicted molar refractivity (Wildman–Crippen MR) is 207 cm³/mol. The SMILES string of the molecule is O=S(=O)([O-])c1cc(N=c2[nH]c(=NCCO)[nH]c(=Nc3ccccc3)[nH]2)ccc1/C=C/c1ccc(N=c2[nH]c(=NCCO)[nH]c(=Nc3ccccc3)[nH]2)cc1S(=O)(=O)O.[K+]. The number of aliphatic hydroxyl groups excluding tert-OH is 2. The van der Waals surface area contributed by atoms with Crippen molar-refractivity contribution in [3.8, 4) is 0 Å². The molecular weight excluding hydrogens is 832 g/mol. The van der Waals surface area contributed by atoms with Crippen molar-refractivity contribution in [1.82, 2.24) is 29.9 Å². The van der Waals surface area contributed by atoms with E-state index in [1.807, 2.05) is 12.1 Å². The molecule has 2 heterocycles. The molecular formula is C36H35KN12O8S2. The van der Waals surface area contributed by atoms with Crippen molar-refractivity contribution in [2.24, 2.45) is 30.0 Å². The first-order valence-electron chi connectivity index (χ1n) is 17.1. The second-order valence-electron chi connectivity index (χ2n) is 11.9. The van der Waals surface area contributed by atoms with Crippen molar-refractivity contribution in [1.29, 1.82) is 0 Å². The van der Waals surface area contributed by atoms with E-state index in [4.69, 9.17) is 0 Å². The number of benzene rings is 4. The molecule has 300 valence electrons. The normalized spacial score (nSPS) is 14.0. The summed E-state index contributed by atoms with van der Waals surface area (Å²) < 4.78 is 72.7. The molecule has 20 nitrogen and oxygen atoms in total. The molecule has 0 aliphatic rings. The van der Waals surface area contributed by atoms with Gasteiger partial charge in [-0.25, -0.2) is 28.4 Å². The van der Waals surface area contributed by atoms with Gasteiger partial charge in [-0.3, -0.25) is 44.4 Å². The average molecular weight is 867 g/mol. The van der Waals surface area contributed by atoms with Gasteiger partial charge in [-0.15, -0.1) is 0 Å². The number of nitrogens with one attached hydrogen (secondary N) is 6. The van der Waals surface area contributed by atoms with Gasteiger partial charge in [0.1, 0.15) is 15.0 Å². The summed E-state index contributed by atoms with van der Waals surface area (Å²) in [4.78, 5) is 42.3. The minimum atomic E-state index is -5.11. The third-order valence-corrected chi connectivity index (χ3v) is 9.42. The molecule has 0 aliphatic carbocycles. The molecule has 59 heavy (non-hydrogen) atoms. The Labute approximate surface area is 377 Å². The quantitative estimate of drug-likeness (QED) is 0.0365. The number of aromatic nitrogens is 6. The standard InChI is InChI=1S/C36H36N12O8S2.K/c49-19-17-37-31-43-33(39-25-7-3-1-4-8-25)47-35(45-31)41-27-15-13-23(29(21-27)57(51,52)53)11-12-24-14-16-28(22-30(24)58(54,55)56)42-36-46-32(38-18-20-50)44-34(48-36)40-26-9-5-2-6-10-26;/h1-16,21-22,49-50H,17-20H2,(H,51,52,53)(H,54,55,56)(H3,37,39,41,43,45,47)(H3,38,40,42,44,46,48);/q;+1/p-1/b12-11+;. The summed E-state index contributed by atoms with van der Waals surface area (Å²) in [7, 11) is -9.98. The van der Waals surface area contributed by atoms with Crippen LogP contribution in [-0.2, 0) is 20.2 Å². The summed E-state index contributed by atoms with van der Waals surface area (Å²) in [5.74, 6) is 0. The summed E-state index contributed by atoms with van der Waals surface area (Å²) in [5.41, 5.74) is 2.08. The van der Waals surface area contributed by atoms with Crippen molar-refractivity contribution in [2.45, 2.75) is 9.79 Å². The van der Waals surface area contributed by atoms with Gasteiger partial charge in [-0.05, 0) is 59.7 Å². The monoisotopic (exact) mass is 866 g/mol. The van der Waals surface area contributed by atoms with Gasteiger partial charge in [0.25, 0.3) is 10.1 Å². The van der Waals surface area contributed by atoms with Crippen LogP contribution in [0.4, 0.5) is 22.7 Å². The summed E-state index contributed by atoms with van der Waals surface area (Å²) >= 11 is 0. The molecule has 0 aliphatic heterocycles. The van der Waals surface area contributed by atoms with Gasteiger partial charge >= 0.3 is 51.4 Å². The molecule has 6 aromatic rings. The van der Waals surface area contributed by atoms with Gasteiger partial charge in [-0.2, -0.15) is 8.42 Å². The third-order valence-electron chi connectivity index (χ3n) is 7.62. The number of aromatic amines is 6. The first-order chi connectivity index (χ1) is 27.9. The molecule has 23 heteroatoms. The van der Waals surface area contributed by atoms with Gasteiger partial charge in [0, 0.05) is 0 Å². The van der Waals surface area contributed by atoms with Crippen LogP contribution in [0.3, 0.4) is 0 Å². The van der Waals surface area contributed by atoms with Gasteiger partial charge < -0.3 is 14.8 Å². The minimum Gasteiger partial charge on any atom is -0.744 e. The van der Waals surface area contributed by atoms with Crippen LogP contribution in [0.1, 0.15) is 11.1 Å². The molecule has 0 spiro atoms. The van der Waals surface area contributed by atoms with Crippen LogP contribution >= 0.6 is 0 Å². The second-order valence-corrected chi connectivity index (χ2v) is 14.6. The second kappa shape index (κ2) is 20.7. The third kappa shape index (κ3) is 13.2. The van der Waals surface area contributed by atoms with Gasteiger partial charge in [0.05, 0.1) is 53.9 Å².